The van der Waals surface area contributed by atoms with Crippen molar-refractivity contribution in [1.29, 1.82) is 0 Å². The molecular weight excluding hydrogens is 144 g/mol. The third kappa shape index (κ3) is 6.21. The minimum absolute atomic E-state index is 0.604. The maximum absolute atomic E-state index is 3.83. The Morgan fingerprint density at radius 1 is 1.25 bits per heavy atom. The van der Waals surface area contributed by atoms with Crippen LogP contribution in [0, 0.1) is 5.92 Å². The third-order valence-corrected chi connectivity index (χ3v) is 2.13. The third-order valence-electron chi connectivity index (χ3n) is 2.13. The van der Waals surface area contributed by atoms with E-state index in [2.05, 4.69) is 32.6 Å². The first-order valence-electron chi connectivity index (χ1n) is 5.10. The Labute approximate surface area is 77.4 Å². The second-order valence-corrected chi connectivity index (χ2v) is 3.27. The van der Waals surface area contributed by atoms with E-state index in [1.807, 2.05) is 6.08 Å². The van der Waals surface area contributed by atoms with E-state index in [1.54, 1.807) is 0 Å². The van der Waals surface area contributed by atoms with Crippen LogP contribution in [-0.2, 0) is 0 Å². The Bertz CT molecular complexity index is 122. The number of hydrogen-bond donors (Lipinski definition) is 0. The van der Waals surface area contributed by atoms with Crippen molar-refractivity contribution in [3.05, 3.63) is 24.8 Å². The molecule has 0 heteroatoms. The van der Waals surface area contributed by atoms with Crippen LogP contribution in [0.5, 0.6) is 0 Å². The SMILES string of the molecule is C=C[C@@H](/C=C\C)CCCCCC. The molecule has 0 nitrogen and oxygen atoms in total. The van der Waals surface area contributed by atoms with Gasteiger partial charge in [0.2, 0.25) is 0 Å². The Balaban J connectivity index is 3.38. The summed E-state index contributed by atoms with van der Waals surface area (Å²) in [5.74, 6) is 0.604. The average molecular weight is 166 g/mol. The molecule has 0 aromatic heterocycles. The molecule has 0 spiro atoms. The largest absolute Gasteiger partial charge is 0.102 e. The highest BCUT2D eigenvalue weighted by Gasteiger charge is 1.97. The van der Waals surface area contributed by atoms with Crippen molar-refractivity contribution in [2.24, 2.45) is 5.92 Å². The molecule has 0 saturated carbocycles. The van der Waals surface area contributed by atoms with Crippen LogP contribution in [0.25, 0.3) is 0 Å². The molecule has 0 radical (unpaired) electrons. The van der Waals surface area contributed by atoms with Crippen molar-refractivity contribution < 1.29 is 0 Å². The fraction of sp³-hybridized carbons (Fsp3) is 0.667. The molecule has 0 aromatic carbocycles. The van der Waals surface area contributed by atoms with Gasteiger partial charge in [-0.15, -0.1) is 6.58 Å². The lowest BCUT2D eigenvalue weighted by molar-refractivity contribution is 0.590. The van der Waals surface area contributed by atoms with Crippen LogP contribution in [0.4, 0.5) is 0 Å². The van der Waals surface area contributed by atoms with Crippen LogP contribution in [0.1, 0.15) is 46.0 Å². The second kappa shape index (κ2) is 8.58. The van der Waals surface area contributed by atoms with Crippen molar-refractivity contribution in [1.82, 2.24) is 0 Å². The summed E-state index contributed by atoms with van der Waals surface area (Å²) < 4.78 is 0. The smallest absolute Gasteiger partial charge is 0.00563 e. The molecule has 0 unspecified atom stereocenters. The normalized spacial score (nSPS) is 13.5. The van der Waals surface area contributed by atoms with Gasteiger partial charge in [0.25, 0.3) is 0 Å². The molecule has 0 aliphatic carbocycles. The van der Waals surface area contributed by atoms with Crippen LogP contribution in [0.2, 0.25) is 0 Å². The van der Waals surface area contributed by atoms with E-state index in [0.717, 1.165) is 0 Å². The second-order valence-electron chi connectivity index (χ2n) is 3.27. The van der Waals surface area contributed by atoms with Crippen LogP contribution in [-0.4, -0.2) is 0 Å². The van der Waals surface area contributed by atoms with Crippen molar-refractivity contribution in [3.8, 4) is 0 Å². The molecule has 0 aliphatic heterocycles. The minimum atomic E-state index is 0.604. The summed E-state index contributed by atoms with van der Waals surface area (Å²) in [6.45, 7) is 8.15. The number of hydrogen-bond acceptors (Lipinski definition) is 0. The van der Waals surface area contributed by atoms with Gasteiger partial charge in [0.05, 0.1) is 0 Å². The molecule has 0 amide bonds. The first kappa shape index (κ1) is 11.5. The van der Waals surface area contributed by atoms with E-state index in [9.17, 15) is 0 Å². The molecule has 0 N–H and O–H groups in total. The van der Waals surface area contributed by atoms with E-state index < -0.39 is 0 Å². The molecule has 70 valence electrons. The van der Waals surface area contributed by atoms with E-state index in [-0.39, 0.29) is 0 Å². The summed E-state index contributed by atoms with van der Waals surface area (Å²) in [7, 11) is 0. The maximum Gasteiger partial charge on any atom is -0.00563 e. The lowest BCUT2D eigenvalue weighted by atomic mass is 10.0. The quantitative estimate of drug-likeness (QED) is 0.390. The van der Waals surface area contributed by atoms with E-state index in [1.165, 1.54) is 32.1 Å². The Morgan fingerprint density at radius 3 is 2.50 bits per heavy atom. The number of allylic oxidation sites excluding steroid dienone is 3. The van der Waals surface area contributed by atoms with E-state index in [4.69, 9.17) is 0 Å². The molecule has 12 heavy (non-hydrogen) atoms. The van der Waals surface area contributed by atoms with E-state index in [0.29, 0.717) is 5.92 Å². The summed E-state index contributed by atoms with van der Waals surface area (Å²) in [5, 5.41) is 0. The van der Waals surface area contributed by atoms with Gasteiger partial charge in [-0.1, -0.05) is 50.8 Å². The maximum atomic E-state index is 3.83. The van der Waals surface area contributed by atoms with Gasteiger partial charge in [-0.05, 0) is 19.3 Å². The van der Waals surface area contributed by atoms with Gasteiger partial charge in [0.15, 0.2) is 0 Å². The fourth-order valence-corrected chi connectivity index (χ4v) is 1.35. The Kier molecular flexibility index (Phi) is 8.20. The molecule has 0 saturated heterocycles. The molecule has 0 heterocycles. The van der Waals surface area contributed by atoms with Crippen LogP contribution in [0.15, 0.2) is 24.8 Å². The first-order valence-corrected chi connectivity index (χ1v) is 5.10. The summed E-state index contributed by atoms with van der Waals surface area (Å²) in [6.07, 6.45) is 13.1. The molecule has 0 rings (SSSR count). The van der Waals surface area contributed by atoms with Gasteiger partial charge in [-0.3, -0.25) is 0 Å². The molecule has 0 aromatic rings. The van der Waals surface area contributed by atoms with Gasteiger partial charge in [-0.2, -0.15) is 0 Å². The zero-order valence-corrected chi connectivity index (χ0v) is 8.55. The molecule has 0 bridgehead atoms. The van der Waals surface area contributed by atoms with Crippen molar-refractivity contribution in [2.45, 2.75) is 46.0 Å². The van der Waals surface area contributed by atoms with Crippen LogP contribution < -0.4 is 0 Å². The molecular formula is C12H22. The predicted octanol–water partition coefficient (Wildman–Crippen LogP) is 4.34. The highest BCUT2D eigenvalue weighted by molar-refractivity contribution is 4.95. The number of unbranched alkanes of at least 4 members (excludes halogenated alkanes) is 3. The van der Waals surface area contributed by atoms with E-state index >= 15 is 0 Å². The van der Waals surface area contributed by atoms with Crippen LogP contribution in [0.3, 0.4) is 0 Å². The zero-order chi connectivity index (χ0) is 9.23. The van der Waals surface area contributed by atoms with Gasteiger partial charge in [-0.25, -0.2) is 0 Å². The highest BCUT2D eigenvalue weighted by atomic mass is 14.0. The Hall–Kier alpha value is -0.520. The molecule has 1 atom stereocenters. The Morgan fingerprint density at radius 2 is 2.00 bits per heavy atom. The van der Waals surface area contributed by atoms with Crippen molar-refractivity contribution in [3.63, 3.8) is 0 Å². The minimum Gasteiger partial charge on any atom is -0.102 e. The van der Waals surface area contributed by atoms with Gasteiger partial charge < -0.3 is 0 Å². The highest BCUT2D eigenvalue weighted by Crippen LogP contribution is 2.12. The van der Waals surface area contributed by atoms with Gasteiger partial charge in [0, 0.05) is 0 Å². The van der Waals surface area contributed by atoms with Gasteiger partial charge in [0.1, 0.15) is 0 Å². The average Bonchev–Trinajstić information content (AvgIpc) is 2.10. The molecule has 0 aliphatic rings. The summed E-state index contributed by atoms with van der Waals surface area (Å²) in [6, 6.07) is 0. The lowest BCUT2D eigenvalue weighted by Gasteiger charge is -2.05. The van der Waals surface area contributed by atoms with Gasteiger partial charge >= 0.3 is 0 Å². The van der Waals surface area contributed by atoms with Crippen molar-refractivity contribution >= 4 is 0 Å². The standard InChI is InChI=1S/C12H22/c1-4-7-8-9-11-12(6-3)10-5-2/h5-6,10,12H,3-4,7-9,11H2,1-2H3/b10-5-/t12-/m0/s1. The van der Waals surface area contributed by atoms with Crippen molar-refractivity contribution in [2.75, 3.05) is 0 Å². The lowest BCUT2D eigenvalue weighted by Crippen LogP contribution is -1.90. The summed E-state index contributed by atoms with van der Waals surface area (Å²) in [4.78, 5) is 0. The predicted molar refractivity (Wildman–Crippen MR) is 57.3 cm³/mol. The zero-order valence-electron chi connectivity index (χ0n) is 8.55. The topological polar surface area (TPSA) is 0 Å². The van der Waals surface area contributed by atoms with Crippen LogP contribution >= 0.6 is 0 Å². The monoisotopic (exact) mass is 166 g/mol. The molecule has 0 fully saturated rings. The first-order chi connectivity index (χ1) is 5.85. The summed E-state index contributed by atoms with van der Waals surface area (Å²) >= 11 is 0. The fourth-order valence-electron chi connectivity index (χ4n) is 1.35. The summed E-state index contributed by atoms with van der Waals surface area (Å²) in [5.41, 5.74) is 0. The number of rotatable bonds is 7.